The maximum atomic E-state index is 11.9. The Bertz CT molecular complexity index is 294. The number of ketones is 1. The SMILES string of the molecule is C=N/C(CN)=C(\N)C(=O)C1(PC)CC1. The van der Waals surface area contributed by atoms with Gasteiger partial charge in [-0.2, -0.15) is 0 Å². The molecule has 0 amide bonds. The summed E-state index contributed by atoms with van der Waals surface area (Å²) in [6.45, 7) is 5.55. The molecule has 1 fully saturated rings. The van der Waals surface area contributed by atoms with Crippen molar-refractivity contribution in [3.05, 3.63) is 11.4 Å². The zero-order chi connectivity index (χ0) is 10.8. The number of hydrogen-bond acceptors (Lipinski definition) is 4. The van der Waals surface area contributed by atoms with E-state index in [-0.39, 0.29) is 23.2 Å². The summed E-state index contributed by atoms with van der Waals surface area (Å²) in [4.78, 5) is 15.6. The molecule has 78 valence electrons. The summed E-state index contributed by atoms with van der Waals surface area (Å²) >= 11 is 0. The second-order valence-corrected chi connectivity index (χ2v) is 4.84. The Labute approximate surface area is 85.6 Å². The standard InChI is InChI=1S/C9H16N3OP/c1-12-6(5-10)7(11)8(13)9(14-2)3-4-9/h14H,1,3-5,10-11H2,2H3/b7-6-. The molecule has 0 aromatic heterocycles. The summed E-state index contributed by atoms with van der Waals surface area (Å²) in [5.41, 5.74) is 11.7. The zero-order valence-electron chi connectivity index (χ0n) is 8.34. The van der Waals surface area contributed by atoms with Crippen LogP contribution in [-0.4, -0.2) is 30.9 Å². The molecule has 1 aliphatic rings. The Morgan fingerprint density at radius 2 is 2.21 bits per heavy atom. The van der Waals surface area contributed by atoms with Gasteiger partial charge >= 0.3 is 0 Å². The minimum atomic E-state index is -0.185. The summed E-state index contributed by atoms with van der Waals surface area (Å²) in [7, 11) is 0.598. The Kier molecular flexibility index (Phi) is 3.40. The largest absolute Gasteiger partial charge is 0.394 e. The van der Waals surface area contributed by atoms with Gasteiger partial charge in [0.25, 0.3) is 0 Å². The number of hydrogen-bond donors (Lipinski definition) is 2. The average molecular weight is 213 g/mol. The molecule has 5 heteroatoms. The quantitative estimate of drug-likeness (QED) is 0.389. The van der Waals surface area contributed by atoms with Crippen molar-refractivity contribution in [3.63, 3.8) is 0 Å². The number of carbonyl (C=O) groups excluding carboxylic acids is 1. The third kappa shape index (κ3) is 1.86. The highest BCUT2D eigenvalue weighted by Crippen LogP contribution is 2.52. The summed E-state index contributed by atoms with van der Waals surface area (Å²) in [6.07, 6.45) is 1.88. The highest BCUT2D eigenvalue weighted by atomic mass is 31.1. The van der Waals surface area contributed by atoms with Gasteiger partial charge in [0.15, 0.2) is 5.78 Å². The highest BCUT2D eigenvalue weighted by molar-refractivity contribution is 7.41. The zero-order valence-corrected chi connectivity index (χ0v) is 9.34. The summed E-state index contributed by atoms with van der Waals surface area (Å²) in [5, 5.41) is -0.185. The molecule has 0 aromatic rings. The minimum absolute atomic E-state index is 0.00573. The molecule has 0 aromatic carbocycles. The summed E-state index contributed by atoms with van der Waals surface area (Å²) in [6, 6.07) is 0. The first-order chi connectivity index (χ1) is 6.61. The highest BCUT2D eigenvalue weighted by Gasteiger charge is 2.49. The molecule has 0 heterocycles. The van der Waals surface area contributed by atoms with Gasteiger partial charge in [-0.25, -0.2) is 0 Å². The fourth-order valence-corrected chi connectivity index (χ4v) is 2.35. The van der Waals surface area contributed by atoms with Crippen molar-refractivity contribution in [2.45, 2.75) is 18.0 Å². The first kappa shape index (κ1) is 11.3. The Morgan fingerprint density at radius 3 is 2.50 bits per heavy atom. The second-order valence-electron chi connectivity index (χ2n) is 3.38. The van der Waals surface area contributed by atoms with Crippen LogP contribution in [0, 0.1) is 0 Å². The van der Waals surface area contributed by atoms with Crippen molar-refractivity contribution in [1.82, 2.24) is 0 Å². The lowest BCUT2D eigenvalue weighted by Crippen LogP contribution is -2.26. The van der Waals surface area contributed by atoms with Crippen molar-refractivity contribution in [2.24, 2.45) is 16.5 Å². The summed E-state index contributed by atoms with van der Waals surface area (Å²) in [5.74, 6) is 0.00573. The van der Waals surface area contributed by atoms with Gasteiger partial charge < -0.3 is 11.5 Å². The molecule has 1 saturated carbocycles. The topological polar surface area (TPSA) is 81.5 Å². The predicted molar refractivity (Wildman–Crippen MR) is 61.0 cm³/mol. The van der Waals surface area contributed by atoms with Crippen LogP contribution in [0.2, 0.25) is 0 Å². The molecule has 1 unspecified atom stereocenters. The Morgan fingerprint density at radius 1 is 1.64 bits per heavy atom. The first-order valence-electron chi connectivity index (χ1n) is 4.50. The van der Waals surface area contributed by atoms with Gasteiger partial charge in [-0.05, 0) is 26.2 Å². The number of allylic oxidation sites excluding steroid dienone is 1. The molecule has 0 aliphatic heterocycles. The van der Waals surface area contributed by atoms with Crippen LogP contribution < -0.4 is 11.5 Å². The molecule has 1 rings (SSSR count). The van der Waals surface area contributed by atoms with Gasteiger partial charge in [0.1, 0.15) is 0 Å². The third-order valence-corrected chi connectivity index (χ3v) is 4.29. The van der Waals surface area contributed by atoms with E-state index in [4.69, 9.17) is 11.5 Å². The van der Waals surface area contributed by atoms with E-state index in [1.54, 1.807) is 0 Å². The smallest absolute Gasteiger partial charge is 0.190 e. The number of nitrogens with zero attached hydrogens (tertiary/aromatic N) is 1. The van der Waals surface area contributed by atoms with E-state index >= 15 is 0 Å². The van der Waals surface area contributed by atoms with Gasteiger partial charge in [-0.3, -0.25) is 9.79 Å². The normalized spacial score (nSPS) is 20.7. The van der Waals surface area contributed by atoms with Crippen molar-refractivity contribution in [3.8, 4) is 0 Å². The number of carbonyl (C=O) groups is 1. The molecular formula is C9H16N3OP. The van der Waals surface area contributed by atoms with Crippen LogP contribution in [0.5, 0.6) is 0 Å². The maximum absolute atomic E-state index is 11.9. The van der Waals surface area contributed by atoms with Crippen molar-refractivity contribution < 1.29 is 4.79 Å². The van der Waals surface area contributed by atoms with Crippen LogP contribution in [0.4, 0.5) is 0 Å². The van der Waals surface area contributed by atoms with Crippen molar-refractivity contribution in [2.75, 3.05) is 13.2 Å². The number of nitrogens with two attached hydrogens (primary N) is 2. The van der Waals surface area contributed by atoms with Crippen LogP contribution in [0.15, 0.2) is 16.4 Å². The van der Waals surface area contributed by atoms with E-state index in [1.165, 1.54) is 0 Å². The molecule has 4 N–H and O–H groups in total. The number of Topliss-reactive ketones (excluding diaryl/α,β-unsaturated/α-hetero) is 1. The number of rotatable bonds is 5. The van der Waals surface area contributed by atoms with E-state index in [2.05, 4.69) is 11.7 Å². The molecule has 0 bridgehead atoms. The molecule has 4 nitrogen and oxygen atoms in total. The number of aliphatic imine (C=N–C) groups is 1. The molecule has 1 atom stereocenters. The van der Waals surface area contributed by atoms with Gasteiger partial charge in [-0.1, -0.05) is 0 Å². The fourth-order valence-electron chi connectivity index (χ4n) is 1.36. The van der Waals surface area contributed by atoms with Crippen LogP contribution >= 0.6 is 8.58 Å². The maximum Gasteiger partial charge on any atom is 0.190 e. The monoisotopic (exact) mass is 213 g/mol. The predicted octanol–water partition coefficient (Wildman–Crippen LogP) is 0.226. The molecule has 0 saturated heterocycles. The van der Waals surface area contributed by atoms with Gasteiger partial charge in [-0.15, -0.1) is 8.58 Å². The lowest BCUT2D eigenvalue weighted by atomic mass is 10.1. The molecule has 14 heavy (non-hydrogen) atoms. The van der Waals surface area contributed by atoms with Crippen LogP contribution in [0.25, 0.3) is 0 Å². The van der Waals surface area contributed by atoms with E-state index in [0.717, 1.165) is 12.8 Å². The van der Waals surface area contributed by atoms with Gasteiger partial charge in [0.05, 0.1) is 16.6 Å². The van der Waals surface area contributed by atoms with Crippen molar-refractivity contribution in [1.29, 1.82) is 0 Å². The minimum Gasteiger partial charge on any atom is -0.394 e. The first-order valence-corrected chi connectivity index (χ1v) is 6.00. The lowest BCUT2D eigenvalue weighted by molar-refractivity contribution is -0.115. The van der Waals surface area contributed by atoms with E-state index in [1.807, 2.05) is 6.66 Å². The van der Waals surface area contributed by atoms with E-state index < -0.39 is 0 Å². The van der Waals surface area contributed by atoms with Gasteiger partial charge in [0, 0.05) is 6.54 Å². The fraction of sp³-hybridized carbons (Fsp3) is 0.556. The Balaban J connectivity index is 2.89. The third-order valence-electron chi connectivity index (χ3n) is 2.60. The lowest BCUT2D eigenvalue weighted by Gasteiger charge is -2.12. The Hall–Kier alpha value is -0.730. The van der Waals surface area contributed by atoms with E-state index in [0.29, 0.717) is 14.3 Å². The molecular weight excluding hydrogens is 197 g/mol. The van der Waals surface area contributed by atoms with Crippen LogP contribution in [0.1, 0.15) is 12.8 Å². The van der Waals surface area contributed by atoms with Gasteiger partial charge in [0.2, 0.25) is 0 Å². The van der Waals surface area contributed by atoms with Crippen LogP contribution in [0.3, 0.4) is 0 Å². The van der Waals surface area contributed by atoms with Crippen molar-refractivity contribution >= 4 is 21.1 Å². The van der Waals surface area contributed by atoms with E-state index in [9.17, 15) is 4.79 Å². The molecule has 1 aliphatic carbocycles. The molecule has 0 spiro atoms. The van der Waals surface area contributed by atoms with Crippen LogP contribution in [-0.2, 0) is 4.79 Å². The molecule has 0 radical (unpaired) electrons. The second kappa shape index (κ2) is 4.20. The average Bonchev–Trinajstić information content (AvgIpc) is 2.99. The summed E-state index contributed by atoms with van der Waals surface area (Å²) < 4.78 is 0.